The fraction of sp³-hybridized carbons (Fsp3) is 0.300. The Hall–Kier alpha value is -3.01. The fourth-order valence-corrected chi connectivity index (χ4v) is 3.33. The molecule has 10 heteroatoms. The van der Waals surface area contributed by atoms with Crippen LogP contribution in [-0.4, -0.2) is 39.7 Å². The van der Waals surface area contributed by atoms with Gasteiger partial charge in [-0.2, -0.15) is 0 Å². The number of halogens is 2. The minimum absolute atomic E-state index is 0.301. The van der Waals surface area contributed by atoms with Crippen LogP contribution in [0, 0.1) is 11.6 Å². The summed E-state index contributed by atoms with van der Waals surface area (Å²) >= 11 is 0. The molecule has 0 aliphatic rings. The van der Waals surface area contributed by atoms with Crippen LogP contribution < -0.4 is 9.62 Å². The molecular formula is C20H22F2N2O5S. The topological polar surface area (TPSA) is 92.8 Å². The molecule has 0 saturated heterocycles. The highest BCUT2D eigenvalue weighted by Crippen LogP contribution is 2.22. The molecule has 0 heterocycles. The molecule has 162 valence electrons. The molecule has 0 aromatic heterocycles. The van der Waals surface area contributed by atoms with Gasteiger partial charge in [0.1, 0.15) is 18.2 Å². The third-order valence-corrected chi connectivity index (χ3v) is 5.13. The van der Waals surface area contributed by atoms with Crippen LogP contribution in [0.2, 0.25) is 0 Å². The predicted molar refractivity (Wildman–Crippen MR) is 109 cm³/mol. The van der Waals surface area contributed by atoms with Crippen molar-refractivity contribution < 1.29 is 31.5 Å². The van der Waals surface area contributed by atoms with Crippen LogP contribution in [0.15, 0.2) is 42.5 Å². The zero-order valence-corrected chi connectivity index (χ0v) is 17.3. The number of hydrogen-bond donors (Lipinski definition) is 1. The van der Waals surface area contributed by atoms with E-state index in [0.717, 1.165) is 31.2 Å². The Labute approximate surface area is 173 Å². The number of anilines is 2. The van der Waals surface area contributed by atoms with Gasteiger partial charge in [-0.3, -0.25) is 9.10 Å². The quantitative estimate of drug-likeness (QED) is 0.477. The smallest absolute Gasteiger partial charge is 0.338 e. The SMILES string of the molecule is CCCCOC(=O)c1ccc(NC(=O)CN(c2ccc(F)cc2F)S(C)(=O)=O)cc1. The maximum atomic E-state index is 14.0. The summed E-state index contributed by atoms with van der Waals surface area (Å²) in [5.74, 6) is -3.22. The van der Waals surface area contributed by atoms with Gasteiger partial charge in [0, 0.05) is 11.8 Å². The van der Waals surface area contributed by atoms with Gasteiger partial charge in [-0.1, -0.05) is 13.3 Å². The van der Waals surface area contributed by atoms with Gasteiger partial charge < -0.3 is 10.1 Å². The van der Waals surface area contributed by atoms with Crippen molar-refractivity contribution in [3.8, 4) is 0 Å². The Balaban J connectivity index is 2.08. The van der Waals surface area contributed by atoms with E-state index in [1.54, 1.807) is 0 Å². The second kappa shape index (κ2) is 10.1. The lowest BCUT2D eigenvalue weighted by molar-refractivity contribution is -0.114. The Kier molecular flexibility index (Phi) is 7.87. The third kappa shape index (κ3) is 6.51. The summed E-state index contributed by atoms with van der Waals surface area (Å²) < 4.78 is 56.8. The van der Waals surface area contributed by atoms with Gasteiger partial charge in [0.05, 0.1) is 24.1 Å². The maximum absolute atomic E-state index is 14.0. The largest absolute Gasteiger partial charge is 0.462 e. The highest BCUT2D eigenvalue weighted by molar-refractivity contribution is 7.92. The number of nitrogens with one attached hydrogen (secondary N) is 1. The predicted octanol–water partition coefficient (Wildman–Crippen LogP) is 3.33. The molecule has 1 amide bonds. The molecule has 30 heavy (non-hydrogen) atoms. The number of ether oxygens (including phenoxy) is 1. The van der Waals surface area contributed by atoms with Crippen LogP contribution in [0.4, 0.5) is 20.2 Å². The molecule has 7 nitrogen and oxygen atoms in total. The van der Waals surface area contributed by atoms with E-state index in [4.69, 9.17) is 4.74 Å². The number of esters is 1. The summed E-state index contributed by atoms with van der Waals surface area (Å²) in [4.78, 5) is 24.2. The molecule has 0 saturated carbocycles. The number of amides is 1. The van der Waals surface area contributed by atoms with Crippen molar-refractivity contribution in [3.05, 3.63) is 59.7 Å². The standard InChI is InChI=1S/C20H22F2N2O5S/c1-3-4-11-29-20(26)14-5-8-16(9-6-14)23-19(25)13-24(30(2,27)28)18-10-7-15(21)12-17(18)22/h5-10,12H,3-4,11,13H2,1-2H3,(H,23,25). The lowest BCUT2D eigenvalue weighted by atomic mass is 10.2. The first kappa shape index (κ1) is 23.3. The van der Waals surface area contributed by atoms with Crippen molar-refractivity contribution in [2.45, 2.75) is 19.8 Å². The van der Waals surface area contributed by atoms with Crippen LogP contribution in [0.5, 0.6) is 0 Å². The number of sulfonamides is 1. The minimum atomic E-state index is -4.02. The molecule has 2 rings (SSSR count). The second-order valence-corrected chi connectivity index (χ2v) is 8.39. The summed E-state index contributed by atoms with van der Waals surface area (Å²) in [5, 5.41) is 2.47. The normalized spacial score (nSPS) is 11.1. The van der Waals surface area contributed by atoms with Crippen molar-refractivity contribution in [1.29, 1.82) is 0 Å². The first-order valence-corrected chi connectivity index (χ1v) is 11.0. The lowest BCUT2D eigenvalue weighted by Crippen LogP contribution is -2.38. The van der Waals surface area contributed by atoms with Gasteiger partial charge in [-0.05, 0) is 42.8 Å². The Bertz CT molecular complexity index is 1010. The Morgan fingerprint density at radius 1 is 1.10 bits per heavy atom. The summed E-state index contributed by atoms with van der Waals surface area (Å²) in [7, 11) is -4.02. The van der Waals surface area contributed by atoms with Crippen LogP contribution >= 0.6 is 0 Å². The van der Waals surface area contributed by atoms with E-state index in [1.807, 2.05) is 6.92 Å². The number of carbonyl (C=O) groups is 2. The van der Waals surface area contributed by atoms with E-state index >= 15 is 0 Å². The summed E-state index contributed by atoms with van der Waals surface area (Å²) in [6.07, 6.45) is 2.46. The number of rotatable bonds is 9. The Morgan fingerprint density at radius 2 is 1.77 bits per heavy atom. The molecule has 1 N–H and O–H groups in total. The van der Waals surface area contributed by atoms with E-state index in [0.29, 0.717) is 28.2 Å². The number of benzene rings is 2. The second-order valence-electron chi connectivity index (χ2n) is 6.48. The fourth-order valence-electron chi connectivity index (χ4n) is 2.48. The molecule has 0 spiro atoms. The Morgan fingerprint density at radius 3 is 2.33 bits per heavy atom. The molecule has 0 aliphatic heterocycles. The summed E-state index contributed by atoms with van der Waals surface area (Å²) in [5.41, 5.74) is 0.160. The molecular weight excluding hydrogens is 418 g/mol. The van der Waals surface area contributed by atoms with E-state index in [9.17, 15) is 26.8 Å². The average molecular weight is 440 g/mol. The number of unbranched alkanes of at least 4 members (excludes halogenated alkanes) is 1. The van der Waals surface area contributed by atoms with Gasteiger partial charge >= 0.3 is 5.97 Å². The highest BCUT2D eigenvalue weighted by Gasteiger charge is 2.24. The van der Waals surface area contributed by atoms with Crippen LogP contribution in [0.3, 0.4) is 0 Å². The van der Waals surface area contributed by atoms with Gasteiger partial charge in [0.25, 0.3) is 0 Å². The molecule has 0 atom stereocenters. The van der Waals surface area contributed by atoms with E-state index < -0.39 is 45.8 Å². The molecule has 0 bridgehead atoms. The van der Waals surface area contributed by atoms with Crippen LogP contribution in [0.25, 0.3) is 0 Å². The molecule has 0 radical (unpaired) electrons. The van der Waals surface area contributed by atoms with Gasteiger partial charge in [-0.15, -0.1) is 0 Å². The van der Waals surface area contributed by atoms with E-state index in [1.165, 1.54) is 24.3 Å². The lowest BCUT2D eigenvalue weighted by Gasteiger charge is -2.22. The minimum Gasteiger partial charge on any atom is -0.462 e. The highest BCUT2D eigenvalue weighted by atomic mass is 32.2. The third-order valence-electron chi connectivity index (χ3n) is 4.00. The number of nitrogens with zero attached hydrogens (tertiary/aromatic N) is 1. The van der Waals surface area contributed by atoms with Crippen LogP contribution in [0.1, 0.15) is 30.1 Å². The van der Waals surface area contributed by atoms with Crippen molar-refractivity contribution >= 4 is 33.3 Å². The first-order valence-electron chi connectivity index (χ1n) is 9.11. The first-order chi connectivity index (χ1) is 14.1. The van der Waals surface area contributed by atoms with Crippen molar-refractivity contribution in [1.82, 2.24) is 0 Å². The number of carbonyl (C=O) groups excluding carboxylic acids is 2. The summed E-state index contributed by atoms with van der Waals surface area (Å²) in [6, 6.07) is 8.19. The van der Waals surface area contributed by atoms with Crippen molar-refractivity contribution in [2.75, 3.05) is 29.0 Å². The molecule has 2 aromatic carbocycles. The number of hydrogen-bond acceptors (Lipinski definition) is 5. The molecule has 0 fully saturated rings. The van der Waals surface area contributed by atoms with E-state index in [-0.39, 0.29) is 0 Å². The monoisotopic (exact) mass is 440 g/mol. The zero-order chi connectivity index (χ0) is 22.3. The van der Waals surface area contributed by atoms with E-state index in [2.05, 4.69) is 5.32 Å². The van der Waals surface area contributed by atoms with Gasteiger partial charge in [0.15, 0.2) is 0 Å². The molecule has 0 aliphatic carbocycles. The molecule has 0 unspecified atom stereocenters. The summed E-state index contributed by atoms with van der Waals surface area (Å²) in [6.45, 7) is 1.57. The van der Waals surface area contributed by atoms with Crippen molar-refractivity contribution in [2.24, 2.45) is 0 Å². The maximum Gasteiger partial charge on any atom is 0.338 e. The average Bonchev–Trinajstić information content (AvgIpc) is 2.66. The molecule has 2 aromatic rings. The van der Waals surface area contributed by atoms with Crippen molar-refractivity contribution in [3.63, 3.8) is 0 Å². The zero-order valence-electron chi connectivity index (χ0n) is 16.5. The van der Waals surface area contributed by atoms with Crippen LogP contribution in [-0.2, 0) is 19.6 Å². The van der Waals surface area contributed by atoms with Gasteiger partial charge in [-0.25, -0.2) is 22.0 Å². The van der Waals surface area contributed by atoms with Gasteiger partial charge in [0.2, 0.25) is 15.9 Å².